The smallest absolute Gasteiger partial charge is 0.188 e. The first-order valence-corrected chi connectivity index (χ1v) is 8.13. The zero-order valence-corrected chi connectivity index (χ0v) is 16.1. The molecule has 0 amide bonds. The van der Waals surface area contributed by atoms with Gasteiger partial charge in [0.15, 0.2) is 5.96 Å². The van der Waals surface area contributed by atoms with Crippen molar-refractivity contribution in [3.8, 4) is 0 Å². The van der Waals surface area contributed by atoms with E-state index in [0.29, 0.717) is 18.5 Å². The minimum atomic E-state index is -0.197. The molecule has 0 unspecified atom stereocenters. The van der Waals surface area contributed by atoms with Crippen LogP contribution in [0.5, 0.6) is 0 Å². The molecule has 1 saturated carbocycles. The van der Waals surface area contributed by atoms with Crippen molar-refractivity contribution in [1.29, 1.82) is 0 Å². The standard InChI is InChI=1S/C17H27FN4.HI/c1-22(13-14-7-9-15(18)10-8-14)12-11-20-17(19)21-16-5-3-2-4-6-16;/h7-10,16H,2-6,11-13H2,1H3,(H3,19,20,21);1H. The van der Waals surface area contributed by atoms with E-state index in [1.807, 2.05) is 19.2 Å². The van der Waals surface area contributed by atoms with E-state index in [9.17, 15) is 4.39 Å². The Balaban J connectivity index is 0.00000264. The molecule has 0 radical (unpaired) electrons. The molecule has 3 N–H and O–H groups in total. The van der Waals surface area contributed by atoms with Crippen molar-refractivity contribution >= 4 is 29.9 Å². The van der Waals surface area contributed by atoms with Crippen molar-refractivity contribution < 1.29 is 4.39 Å². The molecule has 0 bridgehead atoms. The largest absolute Gasteiger partial charge is 0.370 e. The van der Waals surface area contributed by atoms with Crippen molar-refractivity contribution in [3.63, 3.8) is 0 Å². The molecule has 1 aliphatic carbocycles. The predicted molar refractivity (Wildman–Crippen MR) is 105 cm³/mol. The molecule has 0 spiro atoms. The molecule has 0 aromatic heterocycles. The lowest BCUT2D eigenvalue weighted by Crippen LogP contribution is -2.41. The van der Waals surface area contributed by atoms with Gasteiger partial charge in [-0.25, -0.2) is 4.39 Å². The van der Waals surface area contributed by atoms with Crippen molar-refractivity contribution in [3.05, 3.63) is 35.6 Å². The van der Waals surface area contributed by atoms with Gasteiger partial charge >= 0.3 is 0 Å². The zero-order valence-electron chi connectivity index (χ0n) is 13.8. The normalized spacial score (nSPS) is 16.2. The number of halogens is 2. The number of benzene rings is 1. The molecule has 1 aromatic rings. The van der Waals surface area contributed by atoms with Crippen LogP contribution in [0, 0.1) is 5.82 Å². The quantitative estimate of drug-likeness (QED) is 0.411. The van der Waals surface area contributed by atoms with Gasteiger partial charge in [-0.2, -0.15) is 0 Å². The lowest BCUT2D eigenvalue weighted by molar-refractivity contribution is 0.336. The first-order valence-electron chi connectivity index (χ1n) is 8.13. The van der Waals surface area contributed by atoms with Crippen molar-refractivity contribution in [1.82, 2.24) is 10.2 Å². The summed E-state index contributed by atoms with van der Waals surface area (Å²) in [7, 11) is 2.03. The van der Waals surface area contributed by atoms with Gasteiger partial charge in [-0.15, -0.1) is 24.0 Å². The van der Waals surface area contributed by atoms with Gasteiger partial charge in [0.1, 0.15) is 5.82 Å². The number of hydrogen-bond donors (Lipinski definition) is 2. The lowest BCUT2D eigenvalue weighted by atomic mass is 9.96. The third-order valence-electron chi connectivity index (χ3n) is 4.09. The Bertz CT molecular complexity index is 472. The summed E-state index contributed by atoms with van der Waals surface area (Å²) in [6.45, 7) is 2.28. The van der Waals surface area contributed by atoms with Crippen LogP contribution in [-0.4, -0.2) is 37.0 Å². The number of rotatable bonds is 6. The first-order chi connectivity index (χ1) is 10.6. The zero-order chi connectivity index (χ0) is 15.8. The molecule has 0 saturated heterocycles. The van der Waals surface area contributed by atoms with Crippen LogP contribution in [0.2, 0.25) is 0 Å². The average molecular weight is 434 g/mol. The summed E-state index contributed by atoms with van der Waals surface area (Å²) >= 11 is 0. The Morgan fingerprint density at radius 1 is 1.26 bits per heavy atom. The van der Waals surface area contributed by atoms with E-state index in [0.717, 1.165) is 18.7 Å². The minimum absolute atomic E-state index is 0. The SMILES string of the molecule is CN(CCN=C(N)NC1CCCCC1)Cc1ccc(F)cc1.I. The molecule has 23 heavy (non-hydrogen) atoms. The number of nitrogens with two attached hydrogens (primary N) is 1. The second kappa shape index (κ2) is 10.8. The third-order valence-corrected chi connectivity index (χ3v) is 4.09. The molecule has 2 rings (SSSR count). The highest BCUT2D eigenvalue weighted by atomic mass is 127. The molecular formula is C17H28FIN4. The van der Waals surface area contributed by atoms with Gasteiger partial charge in [0.05, 0.1) is 6.54 Å². The highest BCUT2D eigenvalue weighted by Gasteiger charge is 2.13. The molecule has 130 valence electrons. The molecule has 1 aromatic carbocycles. The topological polar surface area (TPSA) is 53.6 Å². The van der Waals surface area contributed by atoms with Crippen molar-refractivity contribution in [2.75, 3.05) is 20.1 Å². The molecule has 6 heteroatoms. The summed E-state index contributed by atoms with van der Waals surface area (Å²) in [5.74, 6) is 0.361. The van der Waals surface area contributed by atoms with Gasteiger partial charge < -0.3 is 16.0 Å². The molecule has 0 aliphatic heterocycles. The van der Waals surface area contributed by atoms with E-state index in [2.05, 4.69) is 15.2 Å². The van der Waals surface area contributed by atoms with Crippen LogP contribution >= 0.6 is 24.0 Å². The summed E-state index contributed by atoms with van der Waals surface area (Å²) in [5.41, 5.74) is 7.04. The van der Waals surface area contributed by atoms with Gasteiger partial charge in [0, 0.05) is 19.1 Å². The summed E-state index contributed by atoms with van der Waals surface area (Å²) in [6, 6.07) is 7.11. The maximum Gasteiger partial charge on any atom is 0.188 e. The summed E-state index contributed by atoms with van der Waals surface area (Å²) in [4.78, 5) is 6.55. The number of hydrogen-bond acceptors (Lipinski definition) is 2. The second-order valence-electron chi connectivity index (χ2n) is 6.11. The van der Waals surface area contributed by atoms with Gasteiger partial charge in [0.25, 0.3) is 0 Å². The van der Waals surface area contributed by atoms with E-state index < -0.39 is 0 Å². The maximum absolute atomic E-state index is 12.9. The fraction of sp³-hybridized carbons (Fsp3) is 0.588. The van der Waals surface area contributed by atoms with E-state index >= 15 is 0 Å². The van der Waals surface area contributed by atoms with Crippen LogP contribution in [0.3, 0.4) is 0 Å². The van der Waals surface area contributed by atoms with Gasteiger partial charge in [-0.3, -0.25) is 4.99 Å². The number of nitrogens with zero attached hydrogens (tertiary/aromatic N) is 2. The fourth-order valence-corrected chi connectivity index (χ4v) is 2.82. The monoisotopic (exact) mass is 434 g/mol. The molecule has 1 fully saturated rings. The third kappa shape index (κ3) is 7.97. The number of nitrogens with one attached hydrogen (secondary N) is 1. The van der Waals surface area contributed by atoms with Crippen LogP contribution in [0.4, 0.5) is 4.39 Å². The van der Waals surface area contributed by atoms with E-state index in [1.54, 1.807) is 0 Å². The van der Waals surface area contributed by atoms with Crippen LogP contribution in [0.25, 0.3) is 0 Å². The highest BCUT2D eigenvalue weighted by molar-refractivity contribution is 14.0. The van der Waals surface area contributed by atoms with E-state index in [4.69, 9.17) is 5.73 Å². The maximum atomic E-state index is 12.9. The summed E-state index contributed by atoms with van der Waals surface area (Å²) < 4.78 is 12.9. The molecular weight excluding hydrogens is 406 g/mol. The molecule has 0 atom stereocenters. The van der Waals surface area contributed by atoms with Crippen LogP contribution in [-0.2, 0) is 6.54 Å². The Morgan fingerprint density at radius 2 is 1.91 bits per heavy atom. The van der Waals surface area contributed by atoms with E-state index in [-0.39, 0.29) is 29.8 Å². The second-order valence-corrected chi connectivity index (χ2v) is 6.11. The molecule has 1 aliphatic rings. The predicted octanol–water partition coefficient (Wildman–Crippen LogP) is 3.11. The minimum Gasteiger partial charge on any atom is -0.370 e. The highest BCUT2D eigenvalue weighted by Crippen LogP contribution is 2.16. The Hall–Kier alpha value is -0.890. The van der Waals surface area contributed by atoms with Gasteiger partial charge in [0.2, 0.25) is 0 Å². The first kappa shape index (κ1) is 20.2. The Labute approximate surface area is 155 Å². The average Bonchev–Trinajstić information content (AvgIpc) is 2.50. The van der Waals surface area contributed by atoms with Gasteiger partial charge in [-0.1, -0.05) is 31.4 Å². The van der Waals surface area contributed by atoms with Crippen molar-refractivity contribution in [2.45, 2.75) is 44.7 Å². The number of likely N-dealkylation sites (N-methyl/N-ethyl adjacent to an activating group) is 1. The van der Waals surface area contributed by atoms with Crippen LogP contribution in [0.15, 0.2) is 29.3 Å². The van der Waals surface area contributed by atoms with Crippen molar-refractivity contribution in [2.24, 2.45) is 10.7 Å². The molecule has 0 heterocycles. The van der Waals surface area contributed by atoms with E-state index in [1.165, 1.54) is 44.2 Å². The van der Waals surface area contributed by atoms with Gasteiger partial charge in [-0.05, 0) is 37.6 Å². The fourth-order valence-electron chi connectivity index (χ4n) is 2.82. The number of guanidine groups is 1. The Morgan fingerprint density at radius 3 is 2.57 bits per heavy atom. The molecule has 4 nitrogen and oxygen atoms in total. The van der Waals surface area contributed by atoms with Crippen LogP contribution < -0.4 is 11.1 Å². The Kier molecular flexibility index (Phi) is 9.47. The lowest BCUT2D eigenvalue weighted by Gasteiger charge is -2.23. The number of aliphatic imine (C=N–C) groups is 1. The van der Waals surface area contributed by atoms with Crippen LogP contribution in [0.1, 0.15) is 37.7 Å². The summed E-state index contributed by atoms with van der Waals surface area (Å²) in [5, 5.41) is 3.32. The summed E-state index contributed by atoms with van der Waals surface area (Å²) in [6.07, 6.45) is 6.29.